The van der Waals surface area contributed by atoms with Gasteiger partial charge in [-0.25, -0.2) is 0 Å². The molecule has 4 heteroatoms. The van der Waals surface area contributed by atoms with Crippen LogP contribution in [0, 0.1) is 0 Å². The van der Waals surface area contributed by atoms with Gasteiger partial charge in [-0.05, 0) is 31.2 Å². The van der Waals surface area contributed by atoms with Crippen molar-refractivity contribution in [2.45, 2.75) is 6.92 Å². The van der Waals surface area contributed by atoms with Crippen LogP contribution in [0.1, 0.15) is 27.8 Å². The first-order valence-corrected chi connectivity index (χ1v) is 5.83. The summed E-state index contributed by atoms with van der Waals surface area (Å²) in [4.78, 5) is 24.0. The lowest BCUT2D eigenvalue weighted by molar-refractivity contribution is 0.0924. The zero-order valence-electron chi connectivity index (χ0n) is 10.4. The minimum Gasteiger partial charge on any atom is -0.461 e. The third-order valence-electron chi connectivity index (χ3n) is 2.56. The van der Waals surface area contributed by atoms with Gasteiger partial charge in [-0.15, -0.1) is 0 Å². The summed E-state index contributed by atoms with van der Waals surface area (Å²) in [6.07, 6.45) is 2.96. The summed E-state index contributed by atoms with van der Waals surface area (Å²) in [7, 11) is 0. The summed E-state index contributed by atoms with van der Waals surface area (Å²) in [6.45, 7) is 1.68. The van der Waals surface area contributed by atoms with E-state index in [1.165, 1.54) is 6.26 Å². The summed E-state index contributed by atoms with van der Waals surface area (Å²) in [6, 6.07) is 11.9. The fraction of sp³-hybridized carbons (Fsp3) is 0.0667. The first-order chi connectivity index (χ1) is 9.22. The average Bonchev–Trinajstić information content (AvgIpc) is 2.99. The molecule has 0 saturated carbocycles. The number of rotatable bonds is 4. The molecule has 1 aromatic carbocycles. The minimum absolute atomic E-state index is 0.196. The van der Waals surface area contributed by atoms with Gasteiger partial charge in [-0.1, -0.05) is 24.3 Å². The molecule has 0 radical (unpaired) electrons. The Bertz CT molecular complexity index is 598. The minimum atomic E-state index is -0.350. The van der Waals surface area contributed by atoms with Gasteiger partial charge in [0.05, 0.1) is 12.0 Å². The monoisotopic (exact) mass is 255 g/mol. The Morgan fingerprint density at radius 2 is 1.84 bits per heavy atom. The molecule has 4 nitrogen and oxygen atoms in total. The molecule has 0 aliphatic carbocycles. The van der Waals surface area contributed by atoms with E-state index < -0.39 is 0 Å². The largest absolute Gasteiger partial charge is 0.461 e. The fourth-order valence-corrected chi connectivity index (χ4v) is 1.58. The highest BCUT2D eigenvalue weighted by Crippen LogP contribution is 2.08. The van der Waals surface area contributed by atoms with Crippen LogP contribution in [-0.2, 0) is 0 Å². The van der Waals surface area contributed by atoms with Crippen molar-refractivity contribution in [3.8, 4) is 0 Å². The lowest BCUT2D eigenvalue weighted by Gasteiger charge is -2.07. The SMILES string of the molecule is CC=C(NC(=O)c1ccccc1)C(=O)c1ccco1. The van der Waals surface area contributed by atoms with E-state index in [9.17, 15) is 9.59 Å². The number of Topliss-reactive ketones (excluding diaryl/α,β-unsaturated/α-hetero) is 1. The van der Waals surface area contributed by atoms with Crippen molar-refractivity contribution in [3.05, 3.63) is 71.8 Å². The Balaban J connectivity index is 2.13. The summed E-state index contributed by atoms with van der Waals surface area (Å²) >= 11 is 0. The molecule has 96 valence electrons. The predicted molar refractivity (Wildman–Crippen MR) is 70.7 cm³/mol. The van der Waals surface area contributed by atoms with Crippen LogP contribution >= 0.6 is 0 Å². The third kappa shape index (κ3) is 2.98. The number of carbonyl (C=O) groups excluding carboxylic acids is 2. The summed E-state index contributed by atoms with van der Waals surface area (Å²) in [5.74, 6) is -0.480. The van der Waals surface area contributed by atoms with Gasteiger partial charge in [0.15, 0.2) is 5.76 Å². The Hall–Kier alpha value is -2.62. The van der Waals surface area contributed by atoms with Gasteiger partial charge < -0.3 is 9.73 Å². The molecule has 0 unspecified atom stereocenters. The second kappa shape index (κ2) is 5.82. The quantitative estimate of drug-likeness (QED) is 0.675. The van der Waals surface area contributed by atoms with Crippen LogP contribution in [-0.4, -0.2) is 11.7 Å². The third-order valence-corrected chi connectivity index (χ3v) is 2.56. The van der Waals surface area contributed by atoms with Crippen molar-refractivity contribution < 1.29 is 14.0 Å². The lowest BCUT2D eigenvalue weighted by atomic mass is 10.2. The van der Waals surface area contributed by atoms with E-state index in [1.807, 2.05) is 6.07 Å². The summed E-state index contributed by atoms with van der Waals surface area (Å²) < 4.78 is 5.02. The number of ketones is 1. The zero-order valence-corrected chi connectivity index (χ0v) is 10.4. The standard InChI is InChI=1S/C15H13NO3/c1-2-12(14(17)13-9-6-10-19-13)16-15(18)11-7-4-3-5-8-11/h2-10H,1H3,(H,16,18). The predicted octanol–water partition coefficient (Wildman–Crippen LogP) is 2.80. The topological polar surface area (TPSA) is 59.3 Å². The molecular formula is C15H13NO3. The Morgan fingerprint density at radius 3 is 2.42 bits per heavy atom. The molecule has 0 atom stereocenters. The molecule has 0 saturated heterocycles. The van der Waals surface area contributed by atoms with Crippen LogP contribution < -0.4 is 5.32 Å². The van der Waals surface area contributed by atoms with Gasteiger partial charge in [0.25, 0.3) is 5.91 Å². The molecule has 1 amide bonds. The van der Waals surface area contributed by atoms with E-state index in [1.54, 1.807) is 49.4 Å². The van der Waals surface area contributed by atoms with Gasteiger partial charge in [0.2, 0.25) is 5.78 Å². The Labute approximate surface area is 110 Å². The number of hydrogen-bond acceptors (Lipinski definition) is 3. The van der Waals surface area contributed by atoms with Crippen molar-refractivity contribution in [1.82, 2.24) is 5.32 Å². The number of carbonyl (C=O) groups is 2. The van der Waals surface area contributed by atoms with E-state index in [-0.39, 0.29) is 23.1 Å². The summed E-state index contributed by atoms with van der Waals surface area (Å²) in [5, 5.41) is 2.58. The number of nitrogens with one attached hydrogen (secondary N) is 1. The van der Waals surface area contributed by atoms with E-state index in [4.69, 9.17) is 4.42 Å². The number of benzene rings is 1. The van der Waals surface area contributed by atoms with Gasteiger partial charge in [-0.3, -0.25) is 9.59 Å². The fourth-order valence-electron chi connectivity index (χ4n) is 1.58. The van der Waals surface area contributed by atoms with Crippen molar-refractivity contribution in [1.29, 1.82) is 0 Å². The number of furan rings is 1. The van der Waals surface area contributed by atoms with Crippen LogP contribution in [0.15, 0.2) is 64.9 Å². The van der Waals surface area contributed by atoms with Crippen LogP contribution in [0.25, 0.3) is 0 Å². The average molecular weight is 255 g/mol. The van der Waals surface area contributed by atoms with Gasteiger partial charge in [0.1, 0.15) is 0 Å². The van der Waals surface area contributed by atoms with Crippen molar-refractivity contribution in [2.24, 2.45) is 0 Å². The molecule has 1 N–H and O–H groups in total. The van der Waals surface area contributed by atoms with E-state index in [2.05, 4.69) is 5.32 Å². The molecule has 0 aliphatic heterocycles. The maximum atomic E-state index is 12.0. The maximum absolute atomic E-state index is 12.0. The van der Waals surface area contributed by atoms with Crippen LogP contribution in [0.2, 0.25) is 0 Å². The van der Waals surface area contributed by atoms with Gasteiger partial charge in [0, 0.05) is 5.56 Å². The molecule has 2 aromatic rings. The van der Waals surface area contributed by atoms with E-state index in [0.29, 0.717) is 5.56 Å². The highest BCUT2D eigenvalue weighted by Gasteiger charge is 2.17. The molecule has 0 fully saturated rings. The Kier molecular flexibility index (Phi) is 3.93. The second-order valence-electron chi connectivity index (χ2n) is 3.83. The number of amides is 1. The van der Waals surface area contributed by atoms with Crippen LogP contribution in [0.4, 0.5) is 0 Å². The molecular weight excluding hydrogens is 242 g/mol. The van der Waals surface area contributed by atoms with Gasteiger partial charge in [-0.2, -0.15) is 0 Å². The smallest absolute Gasteiger partial charge is 0.255 e. The first kappa shape index (κ1) is 12.8. The molecule has 0 bridgehead atoms. The van der Waals surface area contributed by atoms with Gasteiger partial charge >= 0.3 is 0 Å². The molecule has 0 aliphatic rings. The van der Waals surface area contributed by atoms with Crippen LogP contribution in [0.5, 0.6) is 0 Å². The van der Waals surface area contributed by atoms with Crippen molar-refractivity contribution >= 4 is 11.7 Å². The van der Waals surface area contributed by atoms with E-state index in [0.717, 1.165) is 0 Å². The normalized spacial score (nSPS) is 11.1. The zero-order chi connectivity index (χ0) is 13.7. The summed E-state index contributed by atoms with van der Waals surface area (Å²) in [5.41, 5.74) is 0.692. The highest BCUT2D eigenvalue weighted by molar-refractivity contribution is 6.10. The second-order valence-corrected chi connectivity index (χ2v) is 3.83. The van der Waals surface area contributed by atoms with Crippen molar-refractivity contribution in [3.63, 3.8) is 0 Å². The lowest BCUT2D eigenvalue weighted by Crippen LogP contribution is -2.27. The number of allylic oxidation sites excluding steroid dienone is 2. The molecule has 19 heavy (non-hydrogen) atoms. The molecule has 1 heterocycles. The van der Waals surface area contributed by atoms with Crippen LogP contribution in [0.3, 0.4) is 0 Å². The van der Waals surface area contributed by atoms with Crippen molar-refractivity contribution in [2.75, 3.05) is 0 Å². The highest BCUT2D eigenvalue weighted by atomic mass is 16.3. The number of hydrogen-bond donors (Lipinski definition) is 1. The molecule has 0 spiro atoms. The Morgan fingerprint density at radius 1 is 1.11 bits per heavy atom. The molecule has 2 rings (SSSR count). The van der Waals surface area contributed by atoms with E-state index >= 15 is 0 Å². The molecule has 1 aromatic heterocycles. The first-order valence-electron chi connectivity index (χ1n) is 5.83. The maximum Gasteiger partial charge on any atom is 0.255 e.